The van der Waals surface area contributed by atoms with Gasteiger partial charge in [0.15, 0.2) is 0 Å². The third-order valence-corrected chi connectivity index (χ3v) is 2.72. The summed E-state index contributed by atoms with van der Waals surface area (Å²) in [5, 5.41) is 0. The molecule has 0 amide bonds. The zero-order chi connectivity index (χ0) is 13.5. The van der Waals surface area contributed by atoms with E-state index in [4.69, 9.17) is 4.42 Å². The van der Waals surface area contributed by atoms with Crippen molar-refractivity contribution in [1.82, 2.24) is 0 Å². The van der Waals surface area contributed by atoms with Crippen molar-refractivity contribution < 1.29 is 4.42 Å². The van der Waals surface area contributed by atoms with Crippen LogP contribution in [0.1, 0.15) is 13.8 Å². The van der Waals surface area contributed by atoms with E-state index in [0.29, 0.717) is 0 Å². The standard InChI is InChI=1S/C16H12O.C2H6/c1-3-7-13(8-4-1)15-11-12-16(17-15)14-9-5-2-6-10-14;1-2/h1-12H;1-2H3. The first-order chi connectivity index (χ1) is 9.43. The molecule has 96 valence electrons. The highest BCUT2D eigenvalue weighted by Gasteiger charge is 2.05. The van der Waals surface area contributed by atoms with Crippen molar-refractivity contribution in [1.29, 1.82) is 0 Å². The first-order valence-corrected chi connectivity index (χ1v) is 6.64. The Bertz CT molecular complexity index is 540. The van der Waals surface area contributed by atoms with Crippen molar-refractivity contribution in [3.8, 4) is 22.6 Å². The quantitative estimate of drug-likeness (QED) is 0.573. The van der Waals surface area contributed by atoms with Gasteiger partial charge in [-0.25, -0.2) is 0 Å². The molecule has 1 heterocycles. The smallest absolute Gasteiger partial charge is 0.134 e. The topological polar surface area (TPSA) is 13.1 Å². The molecule has 0 N–H and O–H groups in total. The second-order valence-electron chi connectivity index (χ2n) is 3.90. The first kappa shape index (κ1) is 13.2. The Hall–Kier alpha value is -2.28. The monoisotopic (exact) mass is 250 g/mol. The minimum atomic E-state index is 0.907. The highest BCUT2D eigenvalue weighted by atomic mass is 16.3. The van der Waals surface area contributed by atoms with Crippen molar-refractivity contribution >= 4 is 0 Å². The summed E-state index contributed by atoms with van der Waals surface area (Å²) in [6.07, 6.45) is 0. The largest absolute Gasteiger partial charge is 0.456 e. The van der Waals surface area contributed by atoms with Gasteiger partial charge in [-0.1, -0.05) is 74.5 Å². The number of rotatable bonds is 2. The van der Waals surface area contributed by atoms with Crippen LogP contribution in [-0.4, -0.2) is 0 Å². The maximum atomic E-state index is 5.86. The van der Waals surface area contributed by atoms with Crippen molar-refractivity contribution in [3.63, 3.8) is 0 Å². The summed E-state index contributed by atoms with van der Waals surface area (Å²) < 4.78 is 5.86. The van der Waals surface area contributed by atoms with Gasteiger partial charge in [-0.15, -0.1) is 0 Å². The van der Waals surface area contributed by atoms with Gasteiger partial charge >= 0.3 is 0 Å². The Labute approximate surface area is 114 Å². The Balaban J connectivity index is 0.000000637. The van der Waals surface area contributed by atoms with Crippen LogP contribution in [-0.2, 0) is 0 Å². The lowest BCUT2D eigenvalue weighted by atomic mass is 10.2. The van der Waals surface area contributed by atoms with Crippen molar-refractivity contribution in [2.24, 2.45) is 0 Å². The second-order valence-corrected chi connectivity index (χ2v) is 3.90. The Morgan fingerprint density at radius 1 is 0.526 bits per heavy atom. The van der Waals surface area contributed by atoms with Gasteiger partial charge in [-0.05, 0) is 12.1 Å². The van der Waals surface area contributed by atoms with Crippen molar-refractivity contribution in [2.75, 3.05) is 0 Å². The lowest BCUT2D eigenvalue weighted by Gasteiger charge is -1.97. The first-order valence-electron chi connectivity index (χ1n) is 6.64. The molecule has 0 aliphatic heterocycles. The average Bonchev–Trinajstić information content (AvgIpc) is 3.01. The molecule has 19 heavy (non-hydrogen) atoms. The third-order valence-electron chi connectivity index (χ3n) is 2.72. The molecule has 0 spiro atoms. The molecule has 0 unspecified atom stereocenters. The minimum absolute atomic E-state index is 0.907. The van der Waals surface area contributed by atoms with E-state index in [2.05, 4.69) is 0 Å². The highest BCUT2D eigenvalue weighted by molar-refractivity contribution is 5.64. The summed E-state index contributed by atoms with van der Waals surface area (Å²) in [5.41, 5.74) is 2.21. The van der Waals surface area contributed by atoms with Crippen molar-refractivity contribution in [3.05, 3.63) is 72.8 Å². The molecular formula is C18H18O. The van der Waals surface area contributed by atoms with Crippen LogP contribution < -0.4 is 0 Å². The number of hydrogen-bond donors (Lipinski definition) is 0. The molecule has 0 bridgehead atoms. The molecule has 0 saturated heterocycles. The summed E-state index contributed by atoms with van der Waals surface area (Å²) >= 11 is 0. The number of benzene rings is 2. The maximum absolute atomic E-state index is 5.86. The third kappa shape index (κ3) is 3.14. The molecule has 0 fully saturated rings. The fraction of sp³-hybridized carbons (Fsp3) is 0.111. The van der Waals surface area contributed by atoms with Crippen LogP contribution in [0.2, 0.25) is 0 Å². The van der Waals surface area contributed by atoms with E-state index in [-0.39, 0.29) is 0 Å². The van der Waals surface area contributed by atoms with Crippen LogP contribution in [0.4, 0.5) is 0 Å². The molecule has 0 aliphatic carbocycles. The van der Waals surface area contributed by atoms with Gasteiger partial charge in [-0.3, -0.25) is 0 Å². The normalized spacial score (nSPS) is 9.58. The van der Waals surface area contributed by atoms with E-state index < -0.39 is 0 Å². The molecule has 1 aromatic heterocycles. The Morgan fingerprint density at radius 2 is 0.895 bits per heavy atom. The molecular weight excluding hydrogens is 232 g/mol. The fourth-order valence-corrected chi connectivity index (χ4v) is 1.85. The molecule has 3 rings (SSSR count). The van der Waals surface area contributed by atoms with Crippen LogP contribution in [0.3, 0.4) is 0 Å². The zero-order valence-corrected chi connectivity index (χ0v) is 11.3. The molecule has 1 heteroatoms. The van der Waals surface area contributed by atoms with E-state index in [1.807, 2.05) is 86.6 Å². The van der Waals surface area contributed by atoms with Crippen LogP contribution in [0, 0.1) is 0 Å². The molecule has 2 aromatic carbocycles. The molecule has 0 saturated carbocycles. The highest BCUT2D eigenvalue weighted by Crippen LogP contribution is 2.27. The van der Waals surface area contributed by atoms with E-state index in [1.54, 1.807) is 0 Å². The predicted molar refractivity (Wildman–Crippen MR) is 80.9 cm³/mol. The summed E-state index contributed by atoms with van der Waals surface area (Å²) in [4.78, 5) is 0. The summed E-state index contributed by atoms with van der Waals surface area (Å²) in [5.74, 6) is 1.81. The van der Waals surface area contributed by atoms with Gasteiger partial charge < -0.3 is 4.42 Å². The van der Waals surface area contributed by atoms with Gasteiger partial charge in [0.05, 0.1) is 0 Å². The van der Waals surface area contributed by atoms with Gasteiger partial charge in [0.25, 0.3) is 0 Å². The molecule has 0 radical (unpaired) electrons. The lowest BCUT2D eigenvalue weighted by Crippen LogP contribution is -1.72. The second kappa shape index (κ2) is 6.60. The van der Waals surface area contributed by atoms with E-state index >= 15 is 0 Å². The lowest BCUT2D eigenvalue weighted by molar-refractivity contribution is 0.597. The summed E-state index contributed by atoms with van der Waals surface area (Å²) in [6, 6.07) is 24.3. The van der Waals surface area contributed by atoms with Crippen LogP contribution in [0.15, 0.2) is 77.2 Å². The fourth-order valence-electron chi connectivity index (χ4n) is 1.85. The van der Waals surface area contributed by atoms with Crippen molar-refractivity contribution in [2.45, 2.75) is 13.8 Å². The predicted octanol–water partition coefficient (Wildman–Crippen LogP) is 5.64. The Kier molecular flexibility index (Phi) is 4.57. The van der Waals surface area contributed by atoms with E-state index in [1.165, 1.54) is 0 Å². The molecule has 3 aromatic rings. The number of furan rings is 1. The molecule has 1 nitrogen and oxygen atoms in total. The van der Waals surface area contributed by atoms with Gasteiger partial charge in [0.1, 0.15) is 11.5 Å². The van der Waals surface area contributed by atoms with Gasteiger partial charge in [-0.2, -0.15) is 0 Å². The Morgan fingerprint density at radius 3 is 1.26 bits per heavy atom. The maximum Gasteiger partial charge on any atom is 0.134 e. The summed E-state index contributed by atoms with van der Waals surface area (Å²) in [7, 11) is 0. The van der Waals surface area contributed by atoms with Crippen LogP contribution in [0.5, 0.6) is 0 Å². The average molecular weight is 250 g/mol. The van der Waals surface area contributed by atoms with Crippen LogP contribution in [0.25, 0.3) is 22.6 Å². The summed E-state index contributed by atoms with van der Waals surface area (Å²) in [6.45, 7) is 4.00. The van der Waals surface area contributed by atoms with Crippen LogP contribution >= 0.6 is 0 Å². The molecule has 0 aliphatic rings. The van der Waals surface area contributed by atoms with Gasteiger partial charge in [0, 0.05) is 11.1 Å². The van der Waals surface area contributed by atoms with Gasteiger partial charge in [0.2, 0.25) is 0 Å². The molecule has 0 atom stereocenters. The minimum Gasteiger partial charge on any atom is -0.456 e. The SMILES string of the molecule is CC.c1ccc(-c2ccc(-c3ccccc3)o2)cc1. The van der Waals surface area contributed by atoms with E-state index in [9.17, 15) is 0 Å². The number of hydrogen-bond acceptors (Lipinski definition) is 1. The van der Waals surface area contributed by atoms with E-state index in [0.717, 1.165) is 22.6 Å². The zero-order valence-electron chi connectivity index (χ0n) is 11.3.